The van der Waals surface area contributed by atoms with Gasteiger partial charge in [0.25, 0.3) is 0 Å². The van der Waals surface area contributed by atoms with Gasteiger partial charge in [-0.3, -0.25) is 0 Å². The minimum Gasteiger partial charge on any atom is -0.509 e. The number of aliphatic hydroxyl groups excluding tert-OH is 1. The molecule has 0 bridgehead atoms. The van der Waals surface area contributed by atoms with Gasteiger partial charge < -0.3 is 5.11 Å². The molecular formula is C7H10O. The molecule has 0 heterocycles. The lowest BCUT2D eigenvalue weighted by molar-refractivity contribution is 0.435. The molecule has 0 saturated carbocycles. The van der Waals surface area contributed by atoms with E-state index in [1.165, 1.54) is 6.08 Å². The highest BCUT2D eigenvalue weighted by Gasteiger charge is 1.69. The van der Waals surface area contributed by atoms with Gasteiger partial charge in [-0.05, 0) is 13.0 Å². The number of rotatable bonds is 2. The average molecular weight is 110 g/mol. The van der Waals surface area contributed by atoms with Crippen molar-refractivity contribution in [1.82, 2.24) is 0 Å². The van der Waals surface area contributed by atoms with Crippen LogP contribution in [-0.2, 0) is 0 Å². The van der Waals surface area contributed by atoms with Gasteiger partial charge in [0, 0.05) is 0 Å². The van der Waals surface area contributed by atoms with E-state index < -0.39 is 0 Å². The molecule has 0 aliphatic carbocycles. The standard InChI is InChI=1S/C7H10O/c1-3-4-5-6-7(2)8/h3-6,8H,2H2,1H3/b4-3+,6-5+. The number of hydrogen-bond donors (Lipinski definition) is 1. The van der Waals surface area contributed by atoms with Gasteiger partial charge in [-0.2, -0.15) is 0 Å². The van der Waals surface area contributed by atoms with Crippen LogP contribution in [0.5, 0.6) is 0 Å². The average Bonchev–Trinajstić information content (AvgIpc) is 1.66. The number of hydrogen-bond acceptors (Lipinski definition) is 1. The van der Waals surface area contributed by atoms with Crippen LogP contribution in [0.1, 0.15) is 6.92 Å². The van der Waals surface area contributed by atoms with Crippen LogP contribution in [0.3, 0.4) is 0 Å². The van der Waals surface area contributed by atoms with Crippen molar-refractivity contribution in [3.8, 4) is 0 Å². The van der Waals surface area contributed by atoms with Crippen molar-refractivity contribution in [1.29, 1.82) is 0 Å². The van der Waals surface area contributed by atoms with Crippen LogP contribution >= 0.6 is 0 Å². The Balaban J connectivity index is 3.50. The molecule has 1 nitrogen and oxygen atoms in total. The van der Waals surface area contributed by atoms with Gasteiger partial charge in [-0.1, -0.05) is 24.8 Å². The predicted molar refractivity (Wildman–Crippen MR) is 35.7 cm³/mol. The fraction of sp³-hybridized carbons (Fsp3) is 0.143. The third kappa shape index (κ3) is 5.02. The second-order valence-corrected chi connectivity index (χ2v) is 1.38. The molecule has 1 N–H and O–H groups in total. The lowest BCUT2D eigenvalue weighted by atomic mass is 10.4. The van der Waals surface area contributed by atoms with Gasteiger partial charge in [0.15, 0.2) is 0 Å². The highest BCUT2D eigenvalue weighted by molar-refractivity contribution is 5.12. The van der Waals surface area contributed by atoms with E-state index in [-0.39, 0.29) is 5.76 Å². The second-order valence-electron chi connectivity index (χ2n) is 1.38. The molecule has 0 aliphatic rings. The van der Waals surface area contributed by atoms with Crippen molar-refractivity contribution in [2.75, 3.05) is 0 Å². The van der Waals surface area contributed by atoms with Crippen LogP contribution in [0.15, 0.2) is 36.6 Å². The quantitative estimate of drug-likeness (QED) is 0.426. The molecule has 0 aromatic rings. The lowest BCUT2D eigenvalue weighted by Gasteiger charge is -1.78. The Labute approximate surface area is 49.7 Å². The maximum absolute atomic E-state index is 8.46. The maximum Gasteiger partial charge on any atom is 0.108 e. The Hall–Kier alpha value is -0.980. The summed E-state index contributed by atoms with van der Waals surface area (Å²) in [5, 5.41) is 8.46. The van der Waals surface area contributed by atoms with Crippen molar-refractivity contribution >= 4 is 0 Å². The summed E-state index contributed by atoms with van der Waals surface area (Å²) in [7, 11) is 0. The van der Waals surface area contributed by atoms with Crippen LogP contribution in [0, 0.1) is 0 Å². The number of allylic oxidation sites excluding steroid dienone is 4. The molecule has 0 aromatic heterocycles. The summed E-state index contributed by atoms with van der Waals surface area (Å²) in [6.07, 6.45) is 6.95. The van der Waals surface area contributed by atoms with Crippen LogP contribution in [-0.4, -0.2) is 5.11 Å². The van der Waals surface area contributed by atoms with E-state index >= 15 is 0 Å². The van der Waals surface area contributed by atoms with E-state index in [9.17, 15) is 0 Å². The fourth-order valence-electron chi connectivity index (χ4n) is 0.278. The molecule has 0 saturated heterocycles. The van der Waals surface area contributed by atoms with E-state index in [0.717, 1.165) is 0 Å². The van der Waals surface area contributed by atoms with Crippen molar-refractivity contribution < 1.29 is 5.11 Å². The molecule has 8 heavy (non-hydrogen) atoms. The first-order chi connectivity index (χ1) is 3.77. The van der Waals surface area contributed by atoms with E-state index in [0.29, 0.717) is 0 Å². The summed E-state index contributed by atoms with van der Waals surface area (Å²) in [6.45, 7) is 5.17. The van der Waals surface area contributed by atoms with Crippen LogP contribution in [0.2, 0.25) is 0 Å². The van der Waals surface area contributed by atoms with Gasteiger partial charge in [-0.25, -0.2) is 0 Å². The summed E-state index contributed by atoms with van der Waals surface area (Å²) in [4.78, 5) is 0. The van der Waals surface area contributed by atoms with Crippen molar-refractivity contribution in [2.24, 2.45) is 0 Å². The SMILES string of the molecule is C=C(O)/C=C/C=C/C. The van der Waals surface area contributed by atoms with E-state index in [4.69, 9.17) is 5.11 Å². The zero-order chi connectivity index (χ0) is 6.41. The zero-order valence-corrected chi connectivity index (χ0v) is 4.96. The monoisotopic (exact) mass is 110 g/mol. The van der Waals surface area contributed by atoms with Gasteiger partial charge in [0.2, 0.25) is 0 Å². The maximum atomic E-state index is 8.46. The number of aliphatic hydroxyl groups is 1. The lowest BCUT2D eigenvalue weighted by Crippen LogP contribution is -1.63. The Morgan fingerprint density at radius 2 is 2.12 bits per heavy atom. The van der Waals surface area contributed by atoms with Crippen LogP contribution in [0.25, 0.3) is 0 Å². The molecule has 0 spiro atoms. The summed E-state index contributed by atoms with van der Waals surface area (Å²) in [5.74, 6) is 0.0862. The van der Waals surface area contributed by atoms with Crippen LogP contribution in [0.4, 0.5) is 0 Å². The Morgan fingerprint density at radius 1 is 1.50 bits per heavy atom. The largest absolute Gasteiger partial charge is 0.509 e. The van der Waals surface area contributed by atoms with Gasteiger partial charge in [0.1, 0.15) is 5.76 Å². The molecule has 0 atom stereocenters. The molecule has 0 radical (unpaired) electrons. The topological polar surface area (TPSA) is 20.2 Å². The van der Waals surface area contributed by atoms with E-state index in [1.54, 1.807) is 6.08 Å². The third-order valence-electron chi connectivity index (χ3n) is 0.592. The summed E-state index contributed by atoms with van der Waals surface area (Å²) in [5.41, 5.74) is 0. The molecule has 0 aliphatic heterocycles. The van der Waals surface area contributed by atoms with Gasteiger partial charge in [-0.15, -0.1) is 0 Å². The first-order valence-corrected chi connectivity index (χ1v) is 2.44. The smallest absolute Gasteiger partial charge is 0.108 e. The molecule has 0 unspecified atom stereocenters. The van der Waals surface area contributed by atoms with E-state index in [2.05, 4.69) is 6.58 Å². The minimum atomic E-state index is 0.0862. The van der Waals surface area contributed by atoms with Crippen molar-refractivity contribution in [3.63, 3.8) is 0 Å². The first-order valence-electron chi connectivity index (χ1n) is 2.44. The normalized spacial score (nSPS) is 11.1. The van der Waals surface area contributed by atoms with Crippen molar-refractivity contribution in [3.05, 3.63) is 36.6 Å². The first kappa shape index (κ1) is 7.02. The molecular weight excluding hydrogens is 100 g/mol. The highest BCUT2D eigenvalue weighted by Crippen LogP contribution is 1.84. The molecule has 0 amide bonds. The minimum absolute atomic E-state index is 0.0862. The summed E-state index contributed by atoms with van der Waals surface area (Å²) >= 11 is 0. The highest BCUT2D eigenvalue weighted by atomic mass is 16.3. The van der Waals surface area contributed by atoms with Gasteiger partial charge in [0.05, 0.1) is 0 Å². The summed E-state index contributed by atoms with van der Waals surface area (Å²) in [6, 6.07) is 0. The Morgan fingerprint density at radius 3 is 2.50 bits per heavy atom. The zero-order valence-electron chi connectivity index (χ0n) is 4.96. The fourth-order valence-corrected chi connectivity index (χ4v) is 0.278. The van der Waals surface area contributed by atoms with Crippen LogP contribution < -0.4 is 0 Å². The molecule has 1 heteroatoms. The Bertz CT molecular complexity index is 120. The van der Waals surface area contributed by atoms with E-state index in [1.807, 2.05) is 19.1 Å². The molecule has 0 rings (SSSR count). The second kappa shape index (κ2) is 4.19. The molecule has 44 valence electrons. The predicted octanol–water partition coefficient (Wildman–Crippen LogP) is 2.19. The van der Waals surface area contributed by atoms with Crippen molar-refractivity contribution in [2.45, 2.75) is 6.92 Å². The molecule has 0 aromatic carbocycles. The van der Waals surface area contributed by atoms with Gasteiger partial charge >= 0.3 is 0 Å². The Kier molecular flexibility index (Phi) is 3.67. The summed E-state index contributed by atoms with van der Waals surface area (Å²) < 4.78 is 0. The third-order valence-corrected chi connectivity index (χ3v) is 0.592. The molecule has 0 fully saturated rings.